The molecule has 4 atom stereocenters. The molecule has 2 bridgehead atoms. The molecule has 1 aromatic carbocycles. The Morgan fingerprint density at radius 1 is 1.19 bits per heavy atom. The van der Waals surface area contributed by atoms with E-state index in [4.69, 9.17) is 23.7 Å². The largest absolute Gasteiger partial charge is 0.492 e. The highest BCUT2D eigenvalue weighted by Crippen LogP contribution is 2.56. The van der Waals surface area contributed by atoms with Gasteiger partial charge in [0.15, 0.2) is 23.0 Å². The van der Waals surface area contributed by atoms with Crippen LogP contribution in [0.25, 0.3) is 6.08 Å². The van der Waals surface area contributed by atoms with Crippen LogP contribution in [0.5, 0.6) is 17.2 Å². The monoisotopic (exact) mass is 589 g/mol. The van der Waals surface area contributed by atoms with Crippen molar-refractivity contribution in [3.8, 4) is 23.3 Å². The number of nitriles is 1. The first-order chi connectivity index (χ1) is 20.7. The molecular weight excluding hydrogens is 554 g/mol. The zero-order valence-corrected chi connectivity index (χ0v) is 25.2. The van der Waals surface area contributed by atoms with Crippen LogP contribution in [0.2, 0.25) is 0 Å². The van der Waals surface area contributed by atoms with E-state index in [1.807, 2.05) is 22.9 Å². The van der Waals surface area contributed by atoms with Crippen molar-refractivity contribution in [2.75, 3.05) is 34.2 Å². The minimum atomic E-state index is -0.693. The Morgan fingerprint density at radius 2 is 1.93 bits per heavy atom. The Kier molecular flexibility index (Phi) is 7.30. The Hall–Kier alpha value is -4.14. The van der Waals surface area contributed by atoms with Gasteiger partial charge >= 0.3 is 5.97 Å². The quantitative estimate of drug-likeness (QED) is 0.201. The number of benzene rings is 1. The molecule has 4 heterocycles. The molecule has 5 aliphatic rings. The lowest BCUT2D eigenvalue weighted by molar-refractivity contribution is -0.132. The Bertz CT molecular complexity index is 1580. The number of allylic oxidation sites excluding steroid dienone is 2. The third kappa shape index (κ3) is 4.18. The molecule has 43 heavy (non-hydrogen) atoms. The summed E-state index contributed by atoms with van der Waals surface area (Å²) in [5.41, 5.74) is 3.56. The summed E-state index contributed by atoms with van der Waals surface area (Å²) in [5.74, 6) is 0.267. The number of hydrogen-bond donors (Lipinski definition) is 0. The van der Waals surface area contributed by atoms with Crippen molar-refractivity contribution in [1.82, 2.24) is 9.80 Å². The van der Waals surface area contributed by atoms with E-state index in [0.29, 0.717) is 57.4 Å². The number of methoxy groups -OCH3 is 1. The van der Waals surface area contributed by atoms with E-state index in [0.717, 1.165) is 12.8 Å². The standard InChI is InChI=1S/C32H35N3O8/c1-7-8-9-40-13-23-24-19(29(43-17(4)36)16(3)31-32(24)42-14-41-31)11-21-26-25-18(27(37)15(2)30(39-6)28(25)38)10-20(34(26)5)22(12-33)35(21)23/h11,20,22-23,26H,7-10,13-14H2,1-6H3/t20-,22+,23+,26+/m1/s1. The van der Waals surface area contributed by atoms with Gasteiger partial charge in [-0.15, -0.1) is 0 Å². The van der Waals surface area contributed by atoms with Gasteiger partial charge in [0.25, 0.3) is 0 Å². The van der Waals surface area contributed by atoms with Crippen molar-refractivity contribution in [2.24, 2.45) is 0 Å². The number of hydrogen-bond acceptors (Lipinski definition) is 11. The van der Waals surface area contributed by atoms with Crippen molar-refractivity contribution in [3.05, 3.63) is 44.9 Å². The summed E-state index contributed by atoms with van der Waals surface area (Å²) in [4.78, 5) is 43.9. The highest BCUT2D eigenvalue weighted by atomic mass is 16.7. The van der Waals surface area contributed by atoms with Gasteiger partial charge in [0.2, 0.25) is 12.6 Å². The van der Waals surface area contributed by atoms with E-state index < -0.39 is 24.1 Å². The number of unbranched alkanes of at least 4 members (excludes halogenated alkanes) is 1. The number of likely N-dealkylation sites (N-methyl/N-ethyl adjacent to an activating group) is 1. The third-order valence-electron chi connectivity index (χ3n) is 9.13. The van der Waals surface area contributed by atoms with Gasteiger partial charge in [0.1, 0.15) is 11.8 Å². The molecule has 0 N–H and O–H groups in total. The van der Waals surface area contributed by atoms with Crippen LogP contribution in [0, 0.1) is 18.3 Å². The molecular formula is C32H35N3O8. The van der Waals surface area contributed by atoms with Crippen molar-refractivity contribution in [2.45, 2.75) is 71.1 Å². The van der Waals surface area contributed by atoms with Crippen LogP contribution in [0.3, 0.4) is 0 Å². The summed E-state index contributed by atoms with van der Waals surface area (Å²) in [6.07, 6.45) is 3.92. The highest BCUT2D eigenvalue weighted by Gasteiger charge is 2.56. The molecule has 11 heteroatoms. The average molecular weight is 590 g/mol. The number of esters is 1. The Labute approximate surface area is 250 Å². The summed E-state index contributed by atoms with van der Waals surface area (Å²) in [6, 6.07) is 0.238. The van der Waals surface area contributed by atoms with Crippen LogP contribution in [0.1, 0.15) is 62.8 Å². The molecule has 0 unspecified atom stereocenters. The van der Waals surface area contributed by atoms with E-state index in [9.17, 15) is 19.6 Å². The SMILES string of the molecule is CCCCOC[C@H]1c2c(c(OC(C)=O)c(C)c3c2OCO3)C=C2[C@H]3C4=C(C[C@H]([C@H](C#N)N21)N3C)C(=O)C(C)=C(OC)C4=O. The molecule has 226 valence electrons. The number of carbonyl (C=O) groups is 3. The zero-order valence-electron chi connectivity index (χ0n) is 25.2. The molecule has 11 nitrogen and oxygen atoms in total. The number of ether oxygens (including phenoxy) is 5. The summed E-state index contributed by atoms with van der Waals surface area (Å²) >= 11 is 0. The maximum Gasteiger partial charge on any atom is 0.308 e. The average Bonchev–Trinajstić information content (AvgIpc) is 3.47. The molecule has 1 saturated heterocycles. The van der Waals surface area contributed by atoms with Crippen LogP contribution in [-0.4, -0.2) is 79.6 Å². The van der Waals surface area contributed by atoms with Crippen LogP contribution in [0.4, 0.5) is 0 Å². The van der Waals surface area contributed by atoms with Crippen molar-refractivity contribution >= 4 is 23.6 Å². The van der Waals surface area contributed by atoms with Gasteiger partial charge in [-0.2, -0.15) is 5.26 Å². The van der Waals surface area contributed by atoms with Gasteiger partial charge in [-0.3, -0.25) is 19.3 Å². The summed E-state index contributed by atoms with van der Waals surface area (Å²) in [7, 11) is 3.26. The molecule has 0 amide bonds. The molecule has 0 radical (unpaired) electrons. The molecule has 1 aliphatic carbocycles. The van der Waals surface area contributed by atoms with Crippen molar-refractivity contribution < 1.29 is 38.1 Å². The fraction of sp³-hybridized carbons (Fsp3) is 0.500. The van der Waals surface area contributed by atoms with Crippen molar-refractivity contribution in [3.63, 3.8) is 0 Å². The summed E-state index contributed by atoms with van der Waals surface area (Å²) < 4.78 is 29.3. The van der Waals surface area contributed by atoms with Gasteiger partial charge in [0, 0.05) is 58.7 Å². The lowest BCUT2D eigenvalue weighted by Gasteiger charge is -2.57. The first-order valence-corrected chi connectivity index (χ1v) is 14.6. The maximum absolute atomic E-state index is 13.9. The number of carbonyl (C=O) groups excluding carboxylic acids is 3. The molecule has 4 aliphatic heterocycles. The first-order valence-electron chi connectivity index (χ1n) is 14.6. The van der Waals surface area contributed by atoms with Gasteiger partial charge in [-0.1, -0.05) is 13.3 Å². The van der Waals surface area contributed by atoms with E-state index >= 15 is 0 Å². The second-order valence-electron chi connectivity index (χ2n) is 11.5. The van der Waals surface area contributed by atoms with E-state index in [-0.39, 0.29) is 48.8 Å². The number of nitrogens with zero attached hydrogens (tertiary/aromatic N) is 3. The van der Waals surface area contributed by atoms with E-state index in [2.05, 4.69) is 13.0 Å². The zero-order chi connectivity index (χ0) is 30.7. The molecule has 1 fully saturated rings. The van der Waals surface area contributed by atoms with E-state index in [1.54, 1.807) is 13.8 Å². The van der Waals surface area contributed by atoms with Crippen LogP contribution in [0.15, 0.2) is 28.2 Å². The second-order valence-corrected chi connectivity index (χ2v) is 11.5. The van der Waals surface area contributed by atoms with Crippen LogP contribution >= 0.6 is 0 Å². The number of fused-ring (bicyclic) bond motifs is 8. The molecule has 0 spiro atoms. The highest BCUT2D eigenvalue weighted by molar-refractivity contribution is 6.25. The molecule has 1 aromatic rings. The normalized spacial score (nSPS) is 25.6. The second kappa shape index (κ2) is 10.8. The van der Waals surface area contributed by atoms with Gasteiger partial charge in [-0.25, -0.2) is 0 Å². The predicted octanol–water partition coefficient (Wildman–Crippen LogP) is 3.51. The lowest BCUT2D eigenvalue weighted by Crippen LogP contribution is -2.66. The summed E-state index contributed by atoms with van der Waals surface area (Å²) in [6.45, 7) is 7.55. The predicted molar refractivity (Wildman–Crippen MR) is 153 cm³/mol. The van der Waals surface area contributed by atoms with Crippen molar-refractivity contribution in [1.29, 1.82) is 5.26 Å². The Balaban J connectivity index is 1.62. The number of rotatable bonds is 7. The summed E-state index contributed by atoms with van der Waals surface area (Å²) in [5, 5.41) is 10.7. The lowest BCUT2D eigenvalue weighted by atomic mass is 9.71. The molecule has 0 saturated carbocycles. The number of piperazine rings is 1. The van der Waals surface area contributed by atoms with E-state index in [1.165, 1.54) is 14.0 Å². The fourth-order valence-corrected chi connectivity index (χ4v) is 7.17. The molecule has 6 rings (SSSR count). The fourth-order valence-electron chi connectivity index (χ4n) is 7.17. The number of Topliss-reactive ketones (excluding diaryl/α,β-unsaturated/α-hetero) is 2. The topological polar surface area (TPSA) is 128 Å². The Morgan fingerprint density at radius 3 is 2.60 bits per heavy atom. The minimum Gasteiger partial charge on any atom is -0.492 e. The minimum absolute atomic E-state index is 0.000126. The first kappa shape index (κ1) is 29.0. The van der Waals surface area contributed by atoms with Gasteiger partial charge in [0.05, 0.1) is 31.9 Å². The van der Waals surface area contributed by atoms with Gasteiger partial charge in [-0.05, 0) is 39.8 Å². The van der Waals surface area contributed by atoms with Crippen LogP contribution < -0.4 is 14.2 Å². The smallest absolute Gasteiger partial charge is 0.308 e. The van der Waals surface area contributed by atoms with Crippen LogP contribution in [-0.2, 0) is 23.9 Å². The number of ketones is 2. The third-order valence-corrected chi connectivity index (χ3v) is 9.13. The van der Waals surface area contributed by atoms with Gasteiger partial charge < -0.3 is 28.6 Å². The maximum atomic E-state index is 13.9. The molecule has 0 aromatic heterocycles.